The van der Waals surface area contributed by atoms with Crippen LogP contribution in [0.15, 0.2) is 22.8 Å². The summed E-state index contributed by atoms with van der Waals surface area (Å²) in [7, 11) is 0. The molecule has 78 valence electrons. The number of hydrogen-bond donors (Lipinski definition) is 2. The number of carboxylic acids is 1. The topological polar surface area (TPSA) is 62.5 Å². The van der Waals surface area contributed by atoms with E-state index in [1.165, 1.54) is 0 Å². The summed E-state index contributed by atoms with van der Waals surface area (Å²) in [6.07, 6.45) is 2.57. The first-order valence-electron chi connectivity index (χ1n) is 4.66. The molecule has 1 rings (SSSR count). The summed E-state index contributed by atoms with van der Waals surface area (Å²) in [4.78, 5) is 10.3. The molecule has 4 heteroatoms. The van der Waals surface area contributed by atoms with Crippen molar-refractivity contribution >= 4 is 5.97 Å². The van der Waals surface area contributed by atoms with Gasteiger partial charge in [-0.05, 0) is 19.1 Å². The smallest absolute Gasteiger partial charge is 0.304 e. The van der Waals surface area contributed by atoms with Crippen LogP contribution in [-0.4, -0.2) is 23.7 Å². The van der Waals surface area contributed by atoms with Crippen molar-refractivity contribution in [2.45, 2.75) is 25.8 Å². The number of furan rings is 1. The average molecular weight is 197 g/mol. The summed E-state index contributed by atoms with van der Waals surface area (Å²) < 4.78 is 5.14. The van der Waals surface area contributed by atoms with Gasteiger partial charge in [-0.25, -0.2) is 0 Å². The predicted molar refractivity (Wildman–Crippen MR) is 52.1 cm³/mol. The van der Waals surface area contributed by atoms with Gasteiger partial charge in [-0.15, -0.1) is 0 Å². The summed E-state index contributed by atoms with van der Waals surface area (Å²) in [6.45, 7) is 2.60. The maximum absolute atomic E-state index is 10.3. The Bertz CT molecular complexity index is 269. The molecule has 0 aliphatic heterocycles. The van der Waals surface area contributed by atoms with E-state index in [-0.39, 0.29) is 12.5 Å². The van der Waals surface area contributed by atoms with Crippen LogP contribution in [0.3, 0.4) is 0 Å². The second-order valence-corrected chi connectivity index (χ2v) is 3.28. The van der Waals surface area contributed by atoms with Gasteiger partial charge in [-0.2, -0.15) is 0 Å². The molecule has 1 unspecified atom stereocenters. The van der Waals surface area contributed by atoms with E-state index >= 15 is 0 Å². The van der Waals surface area contributed by atoms with Crippen LogP contribution >= 0.6 is 0 Å². The van der Waals surface area contributed by atoms with Crippen LogP contribution in [0.25, 0.3) is 0 Å². The van der Waals surface area contributed by atoms with Gasteiger partial charge in [0.1, 0.15) is 5.76 Å². The fourth-order valence-corrected chi connectivity index (χ4v) is 1.23. The fourth-order valence-electron chi connectivity index (χ4n) is 1.23. The second kappa shape index (κ2) is 5.44. The molecule has 2 N–H and O–H groups in total. The molecule has 0 amide bonds. The molecule has 0 bridgehead atoms. The highest BCUT2D eigenvalue weighted by molar-refractivity contribution is 5.67. The van der Waals surface area contributed by atoms with Gasteiger partial charge in [-0.3, -0.25) is 4.79 Å². The first kappa shape index (κ1) is 10.8. The van der Waals surface area contributed by atoms with Gasteiger partial charge in [0, 0.05) is 19.0 Å². The van der Waals surface area contributed by atoms with Gasteiger partial charge in [0.2, 0.25) is 0 Å². The number of carboxylic acid groups (broad SMARTS) is 1. The zero-order chi connectivity index (χ0) is 10.4. The van der Waals surface area contributed by atoms with Gasteiger partial charge in [0.25, 0.3) is 0 Å². The van der Waals surface area contributed by atoms with Crippen LogP contribution in [0, 0.1) is 0 Å². The van der Waals surface area contributed by atoms with Gasteiger partial charge in [0.15, 0.2) is 0 Å². The highest BCUT2D eigenvalue weighted by atomic mass is 16.4. The van der Waals surface area contributed by atoms with Crippen LogP contribution in [0.5, 0.6) is 0 Å². The Morgan fingerprint density at radius 2 is 2.50 bits per heavy atom. The van der Waals surface area contributed by atoms with E-state index in [0.717, 1.165) is 18.7 Å². The van der Waals surface area contributed by atoms with E-state index < -0.39 is 5.97 Å². The molecular formula is C10H15NO3. The molecule has 0 fully saturated rings. The first-order chi connectivity index (χ1) is 6.68. The zero-order valence-electron chi connectivity index (χ0n) is 8.19. The van der Waals surface area contributed by atoms with Crippen molar-refractivity contribution in [3.8, 4) is 0 Å². The van der Waals surface area contributed by atoms with Crippen molar-refractivity contribution in [3.63, 3.8) is 0 Å². The largest absolute Gasteiger partial charge is 0.481 e. The third-order valence-electron chi connectivity index (χ3n) is 1.93. The highest BCUT2D eigenvalue weighted by Crippen LogP contribution is 2.00. The minimum atomic E-state index is -0.775. The molecule has 1 heterocycles. The van der Waals surface area contributed by atoms with Gasteiger partial charge >= 0.3 is 5.97 Å². The fraction of sp³-hybridized carbons (Fsp3) is 0.500. The summed E-state index contributed by atoms with van der Waals surface area (Å²) >= 11 is 0. The van der Waals surface area contributed by atoms with Crippen LogP contribution in [0.4, 0.5) is 0 Å². The Balaban J connectivity index is 2.12. The third-order valence-corrected chi connectivity index (χ3v) is 1.93. The van der Waals surface area contributed by atoms with Crippen molar-refractivity contribution in [2.75, 3.05) is 6.54 Å². The van der Waals surface area contributed by atoms with E-state index in [1.807, 2.05) is 19.1 Å². The zero-order valence-corrected chi connectivity index (χ0v) is 8.19. The lowest BCUT2D eigenvalue weighted by atomic mass is 10.2. The van der Waals surface area contributed by atoms with E-state index in [9.17, 15) is 4.79 Å². The van der Waals surface area contributed by atoms with Crippen molar-refractivity contribution in [2.24, 2.45) is 0 Å². The van der Waals surface area contributed by atoms with Crippen LogP contribution in [0.2, 0.25) is 0 Å². The molecule has 14 heavy (non-hydrogen) atoms. The van der Waals surface area contributed by atoms with Crippen LogP contribution < -0.4 is 5.32 Å². The Labute approximate surface area is 82.9 Å². The minimum Gasteiger partial charge on any atom is -0.481 e. The molecule has 0 aliphatic carbocycles. The lowest BCUT2D eigenvalue weighted by molar-refractivity contribution is -0.137. The maximum atomic E-state index is 10.3. The predicted octanol–water partition coefficient (Wildman–Crippen LogP) is 1.27. The summed E-state index contributed by atoms with van der Waals surface area (Å²) in [5, 5.41) is 11.6. The Morgan fingerprint density at radius 1 is 1.71 bits per heavy atom. The van der Waals surface area contributed by atoms with Crippen molar-refractivity contribution in [3.05, 3.63) is 24.2 Å². The van der Waals surface area contributed by atoms with Crippen molar-refractivity contribution in [1.29, 1.82) is 0 Å². The quantitative estimate of drug-likeness (QED) is 0.721. The van der Waals surface area contributed by atoms with E-state index in [1.54, 1.807) is 6.26 Å². The highest BCUT2D eigenvalue weighted by Gasteiger charge is 2.06. The van der Waals surface area contributed by atoms with E-state index in [4.69, 9.17) is 9.52 Å². The number of hydrogen-bond acceptors (Lipinski definition) is 3. The molecule has 1 atom stereocenters. The molecule has 1 aromatic rings. The lowest BCUT2D eigenvalue weighted by Crippen LogP contribution is -2.30. The summed E-state index contributed by atoms with van der Waals surface area (Å²) in [6, 6.07) is 3.75. The van der Waals surface area contributed by atoms with Gasteiger partial charge in [0.05, 0.1) is 12.7 Å². The number of carbonyl (C=O) groups is 1. The number of aliphatic carboxylic acids is 1. The molecule has 1 aromatic heterocycles. The maximum Gasteiger partial charge on any atom is 0.304 e. The first-order valence-corrected chi connectivity index (χ1v) is 4.66. The molecule has 0 spiro atoms. The molecule has 4 nitrogen and oxygen atoms in total. The number of nitrogens with one attached hydrogen (secondary N) is 1. The Morgan fingerprint density at radius 3 is 3.07 bits per heavy atom. The second-order valence-electron chi connectivity index (χ2n) is 3.28. The lowest BCUT2D eigenvalue weighted by Gasteiger charge is -2.09. The summed E-state index contributed by atoms with van der Waals surface area (Å²) in [5.74, 6) is 0.142. The van der Waals surface area contributed by atoms with Crippen molar-refractivity contribution < 1.29 is 14.3 Å². The SMILES string of the molecule is CC(CC(=O)O)NCCc1ccco1. The van der Waals surface area contributed by atoms with Crippen LogP contribution in [0.1, 0.15) is 19.1 Å². The Hall–Kier alpha value is -1.29. The molecule has 0 saturated heterocycles. The number of rotatable bonds is 6. The molecule has 0 aromatic carbocycles. The van der Waals surface area contributed by atoms with E-state index in [0.29, 0.717) is 0 Å². The molecule has 0 radical (unpaired) electrons. The van der Waals surface area contributed by atoms with E-state index in [2.05, 4.69) is 5.32 Å². The monoisotopic (exact) mass is 197 g/mol. The molecular weight excluding hydrogens is 182 g/mol. The summed E-state index contributed by atoms with van der Waals surface area (Å²) in [5.41, 5.74) is 0. The van der Waals surface area contributed by atoms with Gasteiger partial charge in [-0.1, -0.05) is 0 Å². The molecule has 0 saturated carbocycles. The Kier molecular flexibility index (Phi) is 4.19. The molecule has 0 aliphatic rings. The third kappa shape index (κ3) is 4.09. The van der Waals surface area contributed by atoms with Gasteiger partial charge < -0.3 is 14.8 Å². The minimum absolute atomic E-state index is 0.00228. The standard InChI is InChI=1S/C10H15NO3/c1-8(7-10(12)13)11-5-4-9-3-2-6-14-9/h2-3,6,8,11H,4-5,7H2,1H3,(H,12,13). The van der Waals surface area contributed by atoms with Crippen molar-refractivity contribution in [1.82, 2.24) is 5.32 Å². The van der Waals surface area contributed by atoms with Crippen LogP contribution in [-0.2, 0) is 11.2 Å². The average Bonchev–Trinajstić information content (AvgIpc) is 2.55. The normalized spacial score (nSPS) is 12.6.